The Labute approximate surface area is 102 Å². The maximum Gasteiger partial charge on any atom is 0.00921 e. The van der Waals surface area contributed by atoms with Crippen molar-refractivity contribution in [3.63, 3.8) is 0 Å². The van der Waals surface area contributed by atoms with Crippen LogP contribution in [0.3, 0.4) is 0 Å². The van der Waals surface area contributed by atoms with Crippen molar-refractivity contribution in [3.05, 3.63) is 0 Å². The minimum atomic E-state index is 0.691. The smallest absolute Gasteiger partial charge is 0.00921 e. The highest BCUT2D eigenvalue weighted by molar-refractivity contribution is 4.83. The van der Waals surface area contributed by atoms with Gasteiger partial charge in [0.05, 0.1) is 0 Å². The first kappa shape index (κ1) is 14.0. The number of rotatable bonds is 9. The van der Waals surface area contributed by atoms with Gasteiger partial charge in [-0.3, -0.25) is 0 Å². The molecule has 0 aromatic carbocycles. The minimum absolute atomic E-state index is 0.691. The quantitative estimate of drug-likeness (QED) is 0.608. The van der Waals surface area contributed by atoms with Crippen LogP contribution in [0.4, 0.5) is 0 Å². The van der Waals surface area contributed by atoms with Gasteiger partial charge in [-0.25, -0.2) is 0 Å². The summed E-state index contributed by atoms with van der Waals surface area (Å²) in [5.41, 5.74) is 0. The largest absolute Gasteiger partial charge is 0.315 e. The average molecular weight is 226 g/mol. The van der Waals surface area contributed by atoms with Gasteiger partial charge in [-0.15, -0.1) is 0 Å². The Bertz CT molecular complexity index is 178. The third-order valence-corrected chi connectivity index (χ3v) is 3.95. The predicted octanol–water partition coefficient (Wildman–Crippen LogP) is 2.89. The first-order chi connectivity index (χ1) is 7.65. The lowest BCUT2D eigenvalue weighted by Gasteiger charge is -2.24. The lowest BCUT2D eigenvalue weighted by Crippen LogP contribution is -2.32. The van der Waals surface area contributed by atoms with E-state index in [0.29, 0.717) is 6.04 Å². The van der Waals surface area contributed by atoms with Crippen LogP contribution in [0.15, 0.2) is 0 Å². The molecular formula is C14H30N2. The summed E-state index contributed by atoms with van der Waals surface area (Å²) in [5, 5.41) is 3.47. The molecule has 0 aromatic heterocycles. The van der Waals surface area contributed by atoms with E-state index in [9.17, 15) is 0 Å². The Morgan fingerprint density at radius 2 is 1.94 bits per heavy atom. The van der Waals surface area contributed by atoms with Crippen LogP contribution in [0, 0.1) is 5.92 Å². The summed E-state index contributed by atoms with van der Waals surface area (Å²) in [7, 11) is 2.29. The number of hydrogen-bond donors (Lipinski definition) is 1. The number of nitrogens with zero attached hydrogens (tertiary/aromatic N) is 1. The van der Waals surface area contributed by atoms with E-state index in [1.807, 2.05) is 0 Å². The number of nitrogens with one attached hydrogen (secondary N) is 1. The molecule has 2 atom stereocenters. The van der Waals surface area contributed by atoms with Crippen molar-refractivity contribution in [1.29, 1.82) is 0 Å². The van der Waals surface area contributed by atoms with Crippen molar-refractivity contribution >= 4 is 0 Å². The summed E-state index contributed by atoms with van der Waals surface area (Å²) in [4.78, 5) is 2.55. The molecule has 2 unspecified atom stereocenters. The fourth-order valence-corrected chi connectivity index (χ4v) is 2.40. The fourth-order valence-electron chi connectivity index (χ4n) is 2.40. The maximum absolute atomic E-state index is 3.47. The van der Waals surface area contributed by atoms with E-state index in [2.05, 4.69) is 38.0 Å². The van der Waals surface area contributed by atoms with E-state index in [0.717, 1.165) is 18.5 Å². The van der Waals surface area contributed by atoms with E-state index in [-0.39, 0.29) is 0 Å². The third kappa shape index (κ3) is 5.31. The van der Waals surface area contributed by atoms with Crippen LogP contribution >= 0.6 is 0 Å². The summed E-state index contributed by atoms with van der Waals surface area (Å²) < 4.78 is 0. The maximum atomic E-state index is 3.47. The molecule has 1 saturated carbocycles. The first-order valence-electron chi connectivity index (χ1n) is 7.08. The Kier molecular flexibility index (Phi) is 6.37. The highest BCUT2D eigenvalue weighted by Crippen LogP contribution is 2.34. The normalized spacial score (nSPS) is 20.1. The summed E-state index contributed by atoms with van der Waals surface area (Å²) in [6, 6.07) is 1.50. The molecule has 0 bridgehead atoms. The molecule has 1 fully saturated rings. The molecule has 0 radical (unpaired) electrons. The van der Waals surface area contributed by atoms with Crippen LogP contribution in [0.2, 0.25) is 0 Å². The van der Waals surface area contributed by atoms with Crippen LogP contribution in [0.25, 0.3) is 0 Å². The molecule has 0 aliphatic heterocycles. The molecule has 16 heavy (non-hydrogen) atoms. The summed E-state index contributed by atoms with van der Waals surface area (Å²) >= 11 is 0. The number of hydrogen-bond acceptors (Lipinski definition) is 2. The van der Waals surface area contributed by atoms with Crippen molar-refractivity contribution in [1.82, 2.24) is 10.2 Å². The van der Waals surface area contributed by atoms with Crippen LogP contribution in [-0.4, -0.2) is 37.1 Å². The monoisotopic (exact) mass is 226 g/mol. The topological polar surface area (TPSA) is 15.3 Å². The molecule has 0 heterocycles. The molecule has 1 N–H and O–H groups in total. The molecule has 1 aliphatic rings. The van der Waals surface area contributed by atoms with Crippen molar-refractivity contribution in [3.8, 4) is 0 Å². The predicted molar refractivity (Wildman–Crippen MR) is 71.8 cm³/mol. The Balaban J connectivity index is 1.97. The number of unbranched alkanes of at least 4 members (excludes halogenated alkanes) is 1. The second-order valence-electron chi connectivity index (χ2n) is 5.51. The minimum Gasteiger partial charge on any atom is -0.315 e. The van der Waals surface area contributed by atoms with Gasteiger partial charge in [0.2, 0.25) is 0 Å². The van der Waals surface area contributed by atoms with Crippen molar-refractivity contribution in [2.24, 2.45) is 5.92 Å². The third-order valence-electron chi connectivity index (χ3n) is 3.95. The van der Waals surface area contributed by atoms with Gasteiger partial charge in [-0.05, 0) is 65.6 Å². The molecule has 1 aliphatic carbocycles. The molecule has 1 rings (SSSR count). The second kappa shape index (κ2) is 7.29. The van der Waals surface area contributed by atoms with Gasteiger partial charge in [0.15, 0.2) is 0 Å². The van der Waals surface area contributed by atoms with E-state index < -0.39 is 0 Å². The van der Waals surface area contributed by atoms with Gasteiger partial charge in [0, 0.05) is 12.1 Å². The average Bonchev–Trinajstić information content (AvgIpc) is 3.07. The Morgan fingerprint density at radius 1 is 1.25 bits per heavy atom. The SMILES string of the molecule is CCNC(C)CCCCN(C)C(C)C1CC1. The van der Waals surface area contributed by atoms with Crippen LogP contribution in [-0.2, 0) is 0 Å². The van der Waals surface area contributed by atoms with Gasteiger partial charge in [-0.1, -0.05) is 13.3 Å². The molecule has 0 amide bonds. The van der Waals surface area contributed by atoms with Gasteiger partial charge in [-0.2, -0.15) is 0 Å². The van der Waals surface area contributed by atoms with Gasteiger partial charge in [0.25, 0.3) is 0 Å². The lowest BCUT2D eigenvalue weighted by atomic mass is 10.1. The molecule has 2 heteroatoms. The van der Waals surface area contributed by atoms with Gasteiger partial charge < -0.3 is 10.2 Å². The zero-order valence-electron chi connectivity index (χ0n) is 11.6. The molecule has 0 spiro atoms. The lowest BCUT2D eigenvalue weighted by molar-refractivity contribution is 0.229. The highest BCUT2D eigenvalue weighted by atomic mass is 15.1. The van der Waals surface area contributed by atoms with E-state index in [1.54, 1.807) is 0 Å². The molecule has 0 saturated heterocycles. The van der Waals surface area contributed by atoms with E-state index >= 15 is 0 Å². The molecule has 2 nitrogen and oxygen atoms in total. The van der Waals surface area contributed by atoms with E-state index in [1.165, 1.54) is 38.6 Å². The van der Waals surface area contributed by atoms with Gasteiger partial charge in [0.1, 0.15) is 0 Å². The zero-order chi connectivity index (χ0) is 12.0. The van der Waals surface area contributed by atoms with Gasteiger partial charge >= 0.3 is 0 Å². The first-order valence-corrected chi connectivity index (χ1v) is 7.08. The summed E-state index contributed by atoms with van der Waals surface area (Å²) in [6.45, 7) is 9.23. The zero-order valence-corrected chi connectivity index (χ0v) is 11.6. The molecular weight excluding hydrogens is 196 g/mol. The fraction of sp³-hybridized carbons (Fsp3) is 1.00. The summed E-state index contributed by atoms with van der Waals surface area (Å²) in [5.74, 6) is 1.01. The Morgan fingerprint density at radius 3 is 2.50 bits per heavy atom. The highest BCUT2D eigenvalue weighted by Gasteiger charge is 2.29. The van der Waals surface area contributed by atoms with Crippen molar-refractivity contribution in [2.75, 3.05) is 20.1 Å². The van der Waals surface area contributed by atoms with E-state index in [4.69, 9.17) is 0 Å². The Hall–Kier alpha value is -0.0800. The molecule has 0 aromatic rings. The van der Waals surface area contributed by atoms with Crippen LogP contribution < -0.4 is 5.32 Å². The van der Waals surface area contributed by atoms with Crippen molar-refractivity contribution in [2.45, 2.75) is 65.0 Å². The van der Waals surface area contributed by atoms with Crippen LogP contribution in [0.5, 0.6) is 0 Å². The second-order valence-corrected chi connectivity index (χ2v) is 5.51. The van der Waals surface area contributed by atoms with Crippen LogP contribution in [0.1, 0.15) is 52.9 Å². The van der Waals surface area contributed by atoms with Crippen molar-refractivity contribution < 1.29 is 0 Å². The molecule has 96 valence electrons. The standard InChI is InChI=1S/C14H30N2/c1-5-15-12(2)8-6-7-11-16(4)13(3)14-9-10-14/h12-15H,5-11H2,1-4H3. The summed E-state index contributed by atoms with van der Waals surface area (Å²) in [6.07, 6.45) is 6.95.